The first-order valence-corrected chi connectivity index (χ1v) is 5.90. The van der Waals surface area contributed by atoms with Crippen molar-refractivity contribution in [1.82, 2.24) is 0 Å². The van der Waals surface area contributed by atoms with E-state index in [1.807, 2.05) is 6.92 Å². The van der Waals surface area contributed by atoms with Crippen LogP contribution in [0.3, 0.4) is 0 Å². The number of hydrogen-bond acceptors (Lipinski definition) is 2. The second kappa shape index (κ2) is 4.73. The van der Waals surface area contributed by atoms with Gasteiger partial charge in [0.05, 0.1) is 5.69 Å². The lowest BCUT2D eigenvalue weighted by Crippen LogP contribution is -2.21. The van der Waals surface area contributed by atoms with E-state index in [0.717, 1.165) is 42.7 Å². The van der Waals surface area contributed by atoms with Gasteiger partial charge < -0.3 is 10.2 Å². The summed E-state index contributed by atoms with van der Waals surface area (Å²) in [5.41, 5.74) is 2.94. The SMILES string of the molecule is Cc1cc(F)c(N2CCCC2)c(C)c1NC=O. The third kappa shape index (κ3) is 2.12. The molecule has 0 spiro atoms. The molecule has 1 aliphatic heterocycles. The smallest absolute Gasteiger partial charge is 0.211 e. The highest BCUT2D eigenvalue weighted by Gasteiger charge is 2.21. The van der Waals surface area contributed by atoms with E-state index in [0.29, 0.717) is 12.1 Å². The van der Waals surface area contributed by atoms with Gasteiger partial charge in [0.15, 0.2) is 0 Å². The van der Waals surface area contributed by atoms with Crippen LogP contribution in [0.15, 0.2) is 6.07 Å². The number of hydrogen-bond donors (Lipinski definition) is 1. The van der Waals surface area contributed by atoms with Crippen molar-refractivity contribution >= 4 is 17.8 Å². The third-order valence-corrected chi connectivity index (χ3v) is 3.32. The third-order valence-electron chi connectivity index (χ3n) is 3.32. The Morgan fingerprint density at radius 2 is 2.00 bits per heavy atom. The Kier molecular flexibility index (Phi) is 3.31. The molecular weight excluding hydrogens is 219 g/mol. The number of nitrogens with zero attached hydrogens (tertiary/aromatic N) is 1. The molecule has 1 fully saturated rings. The Morgan fingerprint density at radius 1 is 1.35 bits per heavy atom. The zero-order valence-electron chi connectivity index (χ0n) is 10.2. The Bertz CT molecular complexity index is 440. The van der Waals surface area contributed by atoms with Crippen molar-refractivity contribution in [2.24, 2.45) is 0 Å². The van der Waals surface area contributed by atoms with Gasteiger partial charge in [-0.3, -0.25) is 4.79 Å². The topological polar surface area (TPSA) is 32.3 Å². The minimum atomic E-state index is -0.196. The highest BCUT2D eigenvalue weighted by Crippen LogP contribution is 2.34. The Morgan fingerprint density at radius 3 is 2.59 bits per heavy atom. The van der Waals surface area contributed by atoms with Gasteiger partial charge in [0.2, 0.25) is 6.41 Å². The highest BCUT2D eigenvalue weighted by atomic mass is 19.1. The summed E-state index contributed by atoms with van der Waals surface area (Å²) >= 11 is 0. The number of carbonyl (C=O) groups excluding carboxylic acids is 1. The van der Waals surface area contributed by atoms with E-state index in [9.17, 15) is 9.18 Å². The largest absolute Gasteiger partial charge is 0.369 e. The molecule has 1 aliphatic rings. The van der Waals surface area contributed by atoms with Crippen molar-refractivity contribution in [2.75, 3.05) is 23.3 Å². The molecule has 0 aliphatic carbocycles. The molecule has 1 aromatic carbocycles. The summed E-state index contributed by atoms with van der Waals surface area (Å²) in [6.45, 7) is 5.44. The standard InChI is InChI=1S/C13H17FN2O/c1-9-7-11(14)13(16-5-3-4-6-16)10(2)12(9)15-8-17/h7-8H,3-6H2,1-2H3,(H,15,17). The Hall–Kier alpha value is -1.58. The molecule has 0 unspecified atom stereocenters. The maximum atomic E-state index is 14.0. The van der Waals surface area contributed by atoms with Crippen LogP contribution < -0.4 is 10.2 Å². The number of anilines is 2. The molecule has 17 heavy (non-hydrogen) atoms. The summed E-state index contributed by atoms with van der Waals surface area (Å²) < 4.78 is 14.0. The molecule has 4 heteroatoms. The number of nitrogens with one attached hydrogen (secondary N) is 1. The zero-order chi connectivity index (χ0) is 12.4. The van der Waals surface area contributed by atoms with E-state index >= 15 is 0 Å². The number of rotatable bonds is 3. The summed E-state index contributed by atoms with van der Waals surface area (Å²) in [6.07, 6.45) is 2.84. The first-order chi connectivity index (χ1) is 8.15. The minimum absolute atomic E-state index is 0.196. The van der Waals surface area contributed by atoms with E-state index in [2.05, 4.69) is 10.2 Å². The quantitative estimate of drug-likeness (QED) is 0.818. The Labute approximate surface area is 101 Å². The van der Waals surface area contributed by atoms with Crippen molar-refractivity contribution in [2.45, 2.75) is 26.7 Å². The molecule has 0 radical (unpaired) electrons. The monoisotopic (exact) mass is 236 g/mol. The lowest BCUT2D eigenvalue weighted by Gasteiger charge is -2.23. The zero-order valence-corrected chi connectivity index (χ0v) is 10.2. The fraction of sp³-hybridized carbons (Fsp3) is 0.462. The summed E-state index contributed by atoms with van der Waals surface area (Å²) in [4.78, 5) is 12.6. The van der Waals surface area contributed by atoms with Crippen molar-refractivity contribution in [3.8, 4) is 0 Å². The van der Waals surface area contributed by atoms with Crippen LogP contribution >= 0.6 is 0 Å². The number of aryl methyl sites for hydroxylation is 1. The van der Waals surface area contributed by atoms with E-state index < -0.39 is 0 Å². The lowest BCUT2D eigenvalue weighted by atomic mass is 10.1. The molecule has 1 amide bonds. The molecular formula is C13H17FN2O. The molecule has 1 saturated heterocycles. The van der Waals surface area contributed by atoms with Gasteiger partial charge in [0.1, 0.15) is 5.82 Å². The molecule has 3 nitrogen and oxygen atoms in total. The molecule has 0 atom stereocenters. The van der Waals surface area contributed by atoms with Gasteiger partial charge in [-0.1, -0.05) is 0 Å². The van der Waals surface area contributed by atoms with Gasteiger partial charge in [-0.2, -0.15) is 0 Å². The summed E-state index contributed by atoms with van der Waals surface area (Å²) in [7, 11) is 0. The van der Waals surface area contributed by atoms with Gasteiger partial charge in [-0.15, -0.1) is 0 Å². The van der Waals surface area contributed by atoms with E-state index in [1.165, 1.54) is 6.07 Å². The van der Waals surface area contributed by atoms with Crippen LogP contribution in [0, 0.1) is 19.7 Å². The molecule has 0 aromatic heterocycles. The Balaban J connectivity index is 2.49. The predicted molar refractivity (Wildman–Crippen MR) is 67.0 cm³/mol. The van der Waals surface area contributed by atoms with Crippen molar-refractivity contribution in [3.63, 3.8) is 0 Å². The second-order valence-electron chi connectivity index (χ2n) is 4.48. The first-order valence-electron chi connectivity index (χ1n) is 5.90. The normalized spacial score (nSPS) is 15.1. The molecule has 1 aromatic rings. The van der Waals surface area contributed by atoms with Crippen molar-refractivity contribution in [3.05, 3.63) is 23.0 Å². The van der Waals surface area contributed by atoms with Crippen LogP contribution in [0.2, 0.25) is 0 Å². The summed E-state index contributed by atoms with van der Waals surface area (Å²) in [5, 5.41) is 2.66. The second-order valence-corrected chi connectivity index (χ2v) is 4.48. The molecule has 1 heterocycles. The van der Waals surface area contributed by atoms with Crippen LogP contribution in [-0.4, -0.2) is 19.5 Å². The van der Waals surface area contributed by atoms with Crippen LogP contribution in [0.4, 0.5) is 15.8 Å². The molecule has 2 rings (SSSR count). The molecule has 0 bridgehead atoms. The maximum Gasteiger partial charge on any atom is 0.211 e. The molecule has 1 N–H and O–H groups in total. The summed E-state index contributed by atoms with van der Waals surface area (Å²) in [5.74, 6) is -0.196. The van der Waals surface area contributed by atoms with Gasteiger partial charge >= 0.3 is 0 Å². The fourth-order valence-corrected chi connectivity index (χ4v) is 2.53. The van der Waals surface area contributed by atoms with Gasteiger partial charge in [0.25, 0.3) is 0 Å². The van der Waals surface area contributed by atoms with E-state index in [-0.39, 0.29) is 5.82 Å². The van der Waals surface area contributed by atoms with Crippen LogP contribution in [-0.2, 0) is 4.79 Å². The minimum Gasteiger partial charge on any atom is -0.369 e. The van der Waals surface area contributed by atoms with Gasteiger partial charge in [-0.05, 0) is 43.9 Å². The average Bonchev–Trinajstić information content (AvgIpc) is 2.77. The maximum absolute atomic E-state index is 14.0. The van der Waals surface area contributed by atoms with Crippen LogP contribution in [0.1, 0.15) is 24.0 Å². The first kappa shape index (κ1) is 11.9. The highest BCUT2D eigenvalue weighted by molar-refractivity contribution is 5.80. The number of amides is 1. The van der Waals surface area contributed by atoms with E-state index in [1.54, 1.807) is 6.92 Å². The van der Waals surface area contributed by atoms with Crippen molar-refractivity contribution in [1.29, 1.82) is 0 Å². The molecule has 0 saturated carbocycles. The average molecular weight is 236 g/mol. The van der Waals surface area contributed by atoms with Gasteiger partial charge in [-0.25, -0.2) is 4.39 Å². The number of benzene rings is 1. The van der Waals surface area contributed by atoms with Gasteiger partial charge in [0, 0.05) is 18.8 Å². The van der Waals surface area contributed by atoms with Crippen LogP contribution in [0.25, 0.3) is 0 Å². The number of halogens is 1. The lowest BCUT2D eigenvalue weighted by molar-refractivity contribution is -0.105. The summed E-state index contributed by atoms with van der Waals surface area (Å²) in [6, 6.07) is 1.49. The predicted octanol–water partition coefficient (Wildman–Crippen LogP) is 2.61. The number of carbonyl (C=O) groups is 1. The van der Waals surface area contributed by atoms with E-state index in [4.69, 9.17) is 0 Å². The van der Waals surface area contributed by atoms with Crippen molar-refractivity contribution < 1.29 is 9.18 Å². The fourth-order valence-electron chi connectivity index (χ4n) is 2.53. The van der Waals surface area contributed by atoms with Crippen LogP contribution in [0.5, 0.6) is 0 Å². The molecule has 92 valence electrons.